The maximum Gasteiger partial charge on any atom is 0.104 e. The maximum absolute atomic E-state index is 9.32. The largest absolute Gasteiger partial charge is 0.389 e. The third-order valence-electron chi connectivity index (χ3n) is 3.94. The van der Waals surface area contributed by atoms with Crippen LogP contribution in [-0.2, 0) is 11.8 Å². The Bertz CT molecular complexity index is 507. The lowest BCUT2D eigenvalue weighted by molar-refractivity contribution is 0.495. The van der Waals surface area contributed by atoms with E-state index in [4.69, 9.17) is 5.73 Å². The summed E-state index contributed by atoms with van der Waals surface area (Å²) in [6.07, 6.45) is 4.49. The molecule has 0 bridgehead atoms. The number of nitrogens with zero attached hydrogens (tertiary/aromatic N) is 1. The number of aryl methyl sites for hydroxylation is 1. The van der Waals surface area contributed by atoms with E-state index in [1.165, 1.54) is 17.7 Å². The molecule has 0 radical (unpaired) electrons. The molecule has 1 unspecified atom stereocenters. The van der Waals surface area contributed by atoms with Gasteiger partial charge in [0.15, 0.2) is 0 Å². The van der Waals surface area contributed by atoms with Crippen molar-refractivity contribution in [1.82, 2.24) is 0 Å². The average Bonchev–Trinajstić information content (AvgIpc) is 2.51. The van der Waals surface area contributed by atoms with E-state index in [1.807, 2.05) is 0 Å². The summed E-state index contributed by atoms with van der Waals surface area (Å²) in [4.78, 5) is 1.29. The van der Waals surface area contributed by atoms with E-state index in [9.17, 15) is 5.26 Å². The van der Waals surface area contributed by atoms with Crippen molar-refractivity contribution in [3.63, 3.8) is 0 Å². The minimum absolute atomic E-state index is 0.0784. The lowest BCUT2D eigenvalue weighted by Crippen LogP contribution is -2.23. The van der Waals surface area contributed by atoms with Gasteiger partial charge in [-0.25, -0.2) is 0 Å². The van der Waals surface area contributed by atoms with Gasteiger partial charge in [0.1, 0.15) is 11.1 Å². The van der Waals surface area contributed by atoms with Crippen LogP contribution in [0.4, 0.5) is 5.00 Å². The summed E-state index contributed by atoms with van der Waals surface area (Å²) < 4.78 is 0. The monoisotopic (exact) mass is 246 g/mol. The molecule has 17 heavy (non-hydrogen) atoms. The lowest BCUT2D eigenvalue weighted by atomic mass is 9.73. The molecule has 90 valence electrons. The number of thiophene rings is 1. The highest BCUT2D eigenvalue weighted by Crippen LogP contribution is 2.47. The molecule has 1 aromatic heterocycles. The molecule has 0 aliphatic heterocycles. The van der Waals surface area contributed by atoms with E-state index in [1.54, 1.807) is 11.3 Å². The number of hydrogen-bond acceptors (Lipinski definition) is 3. The van der Waals surface area contributed by atoms with Crippen LogP contribution in [0.2, 0.25) is 0 Å². The molecule has 2 N–H and O–H groups in total. The summed E-state index contributed by atoms with van der Waals surface area (Å²) in [6.45, 7) is 8.39. The quantitative estimate of drug-likeness (QED) is 0.606. The van der Waals surface area contributed by atoms with Crippen LogP contribution in [0.3, 0.4) is 0 Å². The van der Waals surface area contributed by atoms with E-state index in [0.717, 1.165) is 24.0 Å². The van der Waals surface area contributed by atoms with Crippen molar-refractivity contribution in [3.8, 4) is 6.07 Å². The number of nitriles is 1. The van der Waals surface area contributed by atoms with E-state index >= 15 is 0 Å². The predicted molar refractivity (Wildman–Crippen MR) is 73.2 cm³/mol. The zero-order valence-electron chi connectivity index (χ0n) is 10.5. The Morgan fingerprint density at radius 2 is 2.24 bits per heavy atom. The summed E-state index contributed by atoms with van der Waals surface area (Å²) in [5.41, 5.74) is 8.88. The van der Waals surface area contributed by atoms with Crippen molar-refractivity contribution < 1.29 is 0 Å². The highest BCUT2D eigenvalue weighted by atomic mass is 32.1. The number of fused-ring (bicyclic) bond motifs is 1. The van der Waals surface area contributed by atoms with Crippen molar-refractivity contribution in [1.29, 1.82) is 5.26 Å². The van der Waals surface area contributed by atoms with Crippen LogP contribution >= 0.6 is 11.3 Å². The highest BCUT2D eigenvalue weighted by molar-refractivity contribution is 7.16. The van der Waals surface area contributed by atoms with Gasteiger partial charge in [-0.2, -0.15) is 5.26 Å². The second-order valence-corrected chi connectivity index (χ2v) is 6.21. The van der Waals surface area contributed by atoms with Crippen molar-refractivity contribution in [2.24, 2.45) is 0 Å². The van der Waals surface area contributed by atoms with Gasteiger partial charge in [-0.3, -0.25) is 0 Å². The number of hydrogen-bond donors (Lipinski definition) is 1. The van der Waals surface area contributed by atoms with Gasteiger partial charge in [-0.15, -0.1) is 11.3 Å². The van der Waals surface area contributed by atoms with E-state index in [0.29, 0.717) is 10.6 Å². The fourth-order valence-electron chi connectivity index (χ4n) is 2.68. The zero-order chi connectivity index (χ0) is 12.6. The third-order valence-corrected chi connectivity index (χ3v) is 5.02. The molecule has 3 heteroatoms. The Kier molecular flexibility index (Phi) is 3.01. The molecule has 0 aromatic carbocycles. The Balaban J connectivity index is 2.71. The third kappa shape index (κ3) is 1.77. The average molecular weight is 246 g/mol. The van der Waals surface area contributed by atoms with E-state index < -0.39 is 0 Å². The normalized spacial score (nSPS) is 23.6. The van der Waals surface area contributed by atoms with Crippen LogP contribution in [0.5, 0.6) is 0 Å². The van der Waals surface area contributed by atoms with Gasteiger partial charge >= 0.3 is 0 Å². The summed E-state index contributed by atoms with van der Waals surface area (Å²) >= 11 is 1.59. The van der Waals surface area contributed by atoms with Crippen LogP contribution < -0.4 is 5.73 Å². The second kappa shape index (κ2) is 4.19. The van der Waals surface area contributed by atoms with Gasteiger partial charge in [-0.05, 0) is 31.7 Å². The lowest BCUT2D eigenvalue weighted by Gasteiger charge is -2.30. The van der Waals surface area contributed by atoms with Gasteiger partial charge in [0.2, 0.25) is 0 Å². The van der Waals surface area contributed by atoms with Crippen LogP contribution in [0.15, 0.2) is 12.2 Å². The molecule has 1 heterocycles. The van der Waals surface area contributed by atoms with Crippen LogP contribution in [0, 0.1) is 11.3 Å². The molecule has 1 atom stereocenters. The van der Waals surface area contributed by atoms with Crippen LogP contribution in [0.1, 0.15) is 49.1 Å². The summed E-state index contributed by atoms with van der Waals surface area (Å²) in [6, 6.07) is 2.29. The molecule has 0 fully saturated rings. The molecule has 1 aromatic rings. The number of allylic oxidation sites excluding steroid dienone is 1. The molecular formula is C14H18N2S. The fraction of sp³-hybridized carbons (Fsp3) is 0.500. The maximum atomic E-state index is 9.32. The van der Waals surface area contributed by atoms with Crippen molar-refractivity contribution >= 4 is 16.3 Å². The topological polar surface area (TPSA) is 49.8 Å². The predicted octanol–water partition coefficient (Wildman–Crippen LogP) is 3.76. The Morgan fingerprint density at radius 3 is 2.82 bits per heavy atom. The molecular weight excluding hydrogens is 228 g/mol. The minimum Gasteiger partial charge on any atom is -0.389 e. The molecule has 0 spiro atoms. The fourth-order valence-corrected chi connectivity index (χ4v) is 3.87. The van der Waals surface area contributed by atoms with E-state index in [2.05, 4.69) is 26.5 Å². The summed E-state index contributed by atoms with van der Waals surface area (Å²) in [5.74, 6) is 0. The first-order valence-corrected chi connectivity index (χ1v) is 6.80. The SMILES string of the molecule is C=C(C)C1(C)CCCCc2sc(N)c(C#N)c21. The first-order valence-electron chi connectivity index (χ1n) is 5.98. The van der Waals surface area contributed by atoms with Gasteiger partial charge in [-0.1, -0.05) is 25.5 Å². The van der Waals surface area contributed by atoms with Crippen molar-refractivity contribution in [2.45, 2.75) is 44.9 Å². The Labute approximate surface area is 107 Å². The number of anilines is 1. The molecule has 2 rings (SSSR count). The zero-order valence-corrected chi connectivity index (χ0v) is 11.3. The summed E-state index contributed by atoms with van der Waals surface area (Å²) in [7, 11) is 0. The first-order chi connectivity index (χ1) is 8.00. The first kappa shape index (κ1) is 12.2. The van der Waals surface area contributed by atoms with Crippen molar-refractivity contribution in [3.05, 3.63) is 28.2 Å². The number of nitrogen functional groups attached to an aromatic ring is 1. The smallest absolute Gasteiger partial charge is 0.104 e. The molecule has 0 amide bonds. The molecule has 1 aliphatic rings. The van der Waals surface area contributed by atoms with Gasteiger partial charge in [0.05, 0.1) is 5.56 Å². The molecule has 0 saturated heterocycles. The Hall–Kier alpha value is -1.27. The molecule has 0 saturated carbocycles. The van der Waals surface area contributed by atoms with Crippen LogP contribution in [0.25, 0.3) is 0 Å². The minimum atomic E-state index is -0.0784. The molecule has 1 aliphatic carbocycles. The van der Waals surface area contributed by atoms with Crippen molar-refractivity contribution in [2.75, 3.05) is 5.73 Å². The van der Waals surface area contributed by atoms with Gasteiger partial charge < -0.3 is 5.73 Å². The molecule has 2 nitrogen and oxygen atoms in total. The Morgan fingerprint density at radius 1 is 1.53 bits per heavy atom. The van der Waals surface area contributed by atoms with Gasteiger partial charge in [0, 0.05) is 10.3 Å². The number of rotatable bonds is 1. The number of nitrogens with two attached hydrogens (primary N) is 1. The van der Waals surface area contributed by atoms with Gasteiger partial charge in [0.25, 0.3) is 0 Å². The van der Waals surface area contributed by atoms with Crippen LogP contribution in [-0.4, -0.2) is 0 Å². The second-order valence-electron chi connectivity index (χ2n) is 5.07. The standard InChI is InChI=1S/C14H18N2S/c1-9(2)14(3)7-5-4-6-11-12(14)10(8-15)13(16)17-11/h1,4-7,16H2,2-3H3. The van der Waals surface area contributed by atoms with E-state index in [-0.39, 0.29) is 5.41 Å². The highest BCUT2D eigenvalue weighted by Gasteiger charge is 2.36. The summed E-state index contributed by atoms with van der Waals surface area (Å²) in [5, 5.41) is 9.99.